The molecule has 0 amide bonds. The summed E-state index contributed by atoms with van der Waals surface area (Å²) >= 11 is 0. The van der Waals surface area contributed by atoms with Crippen LogP contribution < -0.4 is 5.32 Å². The molecule has 4 rings (SSSR count). The lowest BCUT2D eigenvalue weighted by atomic mass is 10.2. The Morgan fingerprint density at radius 1 is 1.13 bits per heavy atom. The summed E-state index contributed by atoms with van der Waals surface area (Å²) in [5.41, 5.74) is 1.00. The molecule has 3 heterocycles. The minimum absolute atomic E-state index is 0.677. The van der Waals surface area contributed by atoms with Crippen LogP contribution in [-0.4, -0.2) is 65.3 Å². The molecule has 0 bridgehead atoms. The molecular formula is C17H23N5O. The molecule has 0 aliphatic carbocycles. The lowest BCUT2D eigenvalue weighted by Crippen LogP contribution is -2.50. The van der Waals surface area contributed by atoms with Crippen LogP contribution in [0.2, 0.25) is 0 Å². The van der Waals surface area contributed by atoms with Gasteiger partial charge in [-0.25, -0.2) is 0 Å². The largest absolute Gasteiger partial charge is 0.338 e. The predicted molar refractivity (Wildman–Crippen MR) is 87.9 cm³/mol. The van der Waals surface area contributed by atoms with Gasteiger partial charge in [0.15, 0.2) is 0 Å². The predicted octanol–water partition coefficient (Wildman–Crippen LogP) is 1.22. The number of nitrogens with one attached hydrogen (secondary N) is 1. The van der Waals surface area contributed by atoms with Crippen LogP contribution in [0.1, 0.15) is 12.3 Å². The highest BCUT2D eigenvalue weighted by Gasteiger charge is 2.26. The summed E-state index contributed by atoms with van der Waals surface area (Å²) in [6.45, 7) is 7.45. The second kappa shape index (κ2) is 6.78. The van der Waals surface area contributed by atoms with Crippen LogP contribution in [0.15, 0.2) is 34.9 Å². The second-order valence-electron chi connectivity index (χ2n) is 6.34. The Labute approximate surface area is 136 Å². The first-order valence-corrected chi connectivity index (χ1v) is 8.43. The summed E-state index contributed by atoms with van der Waals surface area (Å²) < 4.78 is 5.42. The van der Waals surface area contributed by atoms with Crippen molar-refractivity contribution in [3.63, 3.8) is 0 Å². The first-order chi connectivity index (χ1) is 11.4. The molecule has 6 nitrogen and oxygen atoms in total. The van der Waals surface area contributed by atoms with Gasteiger partial charge in [-0.1, -0.05) is 35.5 Å². The summed E-state index contributed by atoms with van der Waals surface area (Å²) in [6, 6.07) is 10.7. The van der Waals surface area contributed by atoms with E-state index in [0.717, 1.165) is 57.4 Å². The Bertz CT molecular complexity index is 615. The topological polar surface area (TPSA) is 57.4 Å². The lowest BCUT2D eigenvalue weighted by molar-refractivity contribution is 0.0908. The number of benzene rings is 1. The van der Waals surface area contributed by atoms with Crippen LogP contribution in [0.4, 0.5) is 0 Å². The summed E-state index contributed by atoms with van der Waals surface area (Å²) in [5.74, 6) is 1.39. The van der Waals surface area contributed by atoms with E-state index in [1.54, 1.807) is 0 Å². The molecule has 0 radical (unpaired) electrons. The summed E-state index contributed by atoms with van der Waals surface area (Å²) in [5, 5.41) is 7.55. The number of hydrogen-bond acceptors (Lipinski definition) is 6. The van der Waals surface area contributed by atoms with Gasteiger partial charge in [-0.05, 0) is 13.0 Å². The number of aromatic nitrogens is 2. The van der Waals surface area contributed by atoms with Gasteiger partial charge in [-0.3, -0.25) is 9.80 Å². The van der Waals surface area contributed by atoms with Gasteiger partial charge in [0.1, 0.15) is 0 Å². The molecule has 2 fully saturated rings. The molecule has 2 aliphatic rings. The fourth-order valence-electron chi connectivity index (χ4n) is 3.45. The van der Waals surface area contributed by atoms with Gasteiger partial charge in [-0.15, -0.1) is 0 Å². The molecule has 0 spiro atoms. The van der Waals surface area contributed by atoms with Crippen LogP contribution >= 0.6 is 0 Å². The highest BCUT2D eigenvalue weighted by Crippen LogP contribution is 2.17. The average Bonchev–Trinajstić information content (AvgIpc) is 3.28. The van der Waals surface area contributed by atoms with E-state index in [-0.39, 0.29) is 0 Å². The van der Waals surface area contributed by atoms with Gasteiger partial charge >= 0.3 is 0 Å². The fraction of sp³-hybridized carbons (Fsp3) is 0.529. The van der Waals surface area contributed by atoms with E-state index in [1.807, 2.05) is 30.3 Å². The van der Waals surface area contributed by atoms with E-state index in [9.17, 15) is 0 Å². The summed E-state index contributed by atoms with van der Waals surface area (Å²) in [7, 11) is 0. The third-order valence-corrected chi connectivity index (χ3v) is 4.82. The highest BCUT2D eigenvalue weighted by atomic mass is 16.5. The Morgan fingerprint density at radius 3 is 2.70 bits per heavy atom. The third kappa shape index (κ3) is 3.44. The highest BCUT2D eigenvalue weighted by molar-refractivity contribution is 5.53. The van der Waals surface area contributed by atoms with E-state index >= 15 is 0 Å². The zero-order chi connectivity index (χ0) is 15.5. The first kappa shape index (κ1) is 14.8. The van der Waals surface area contributed by atoms with Crippen molar-refractivity contribution < 1.29 is 4.52 Å². The fourth-order valence-corrected chi connectivity index (χ4v) is 3.45. The molecule has 1 aromatic carbocycles. The van der Waals surface area contributed by atoms with Crippen molar-refractivity contribution >= 4 is 0 Å². The van der Waals surface area contributed by atoms with E-state index < -0.39 is 0 Å². The standard InChI is InChI=1S/C17H23N5O/c1-2-4-14(5-3-1)17-19-16(23-20-17)13-21-8-10-22(11-9-21)15-6-7-18-12-15/h1-5,15,18H,6-13H2. The Hall–Kier alpha value is -1.76. The van der Waals surface area contributed by atoms with E-state index in [2.05, 4.69) is 25.3 Å². The smallest absolute Gasteiger partial charge is 0.241 e. The SMILES string of the molecule is c1ccc(-c2noc(CN3CCN(C4CCNC4)CC3)n2)cc1. The normalized spacial score (nSPS) is 23.4. The van der Waals surface area contributed by atoms with Crippen LogP contribution in [0, 0.1) is 0 Å². The van der Waals surface area contributed by atoms with E-state index in [1.165, 1.54) is 6.42 Å². The molecular weight excluding hydrogens is 290 g/mol. The Morgan fingerprint density at radius 2 is 1.96 bits per heavy atom. The molecule has 0 saturated carbocycles. The Balaban J connectivity index is 1.32. The maximum absolute atomic E-state index is 5.42. The maximum atomic E-state index is 5.42. The molecule has 2 aromatic rings. The van der Waals surface area contributed by atoms with Gasteiger partial charge < -0.3 is 9.84 Å². The molecule has 2 aliphatic heterocycles. The lowest BCUT2D eigenvalue weighted by Gasteiger charge is -2.37. The number of rotatable bonds is 4. The average molecular weight is 313 g/mol. The molecule has 6 heteroatoms. The van der Waals surface area contributed by atoms with E-state index in [0.29, 0.717) is 11.7 Å². The monoisotopic (exact) mass is 313 g/mol. The zero-order valence-electron chi connectivity index (χ0n) is 13.3. The molecule has 1 atom stereocenters. The maximum Gasteiger partial charge on any atom is 0.241 e. The molecule has 1 unspecified atom stereocenters. The summed E-state index contributed by atoms with van der Waals surface area (Å²) in [6.07, 6.45) is 1.28. The molecule has 1 N–H and O–H groups in total. The van der Waals surface area contributed by atoms with Crippen LogP contribution in [-0.2, 0) is 6.54 Å². The first-order valence-electron chi connectivity index (χ1n) is 8.43. The van der Waals surface area contributed by atoms with E-state index in [4.69, 9.17) is 4.52 Å². The van der Waals surface area contributed by atoms with Crippen LogP contribution in [0.3, 0.4) is 0 Å². The minimum Gasteiger partial charge on any atom is -0.338 e. The minimum atomic E-state index is 0.677. The van der Waals surface area contributed by atoms with Crippen molar-refractivity contribution in [2.75, 3.05) is 39.3 Å². The molecule has 23 heavy (non-hydrogen) atoms. The summed E-state index contributed by atoms with van der Waals surface area (Å²) in [4.78, 5) is 9.54. The molecule has 122 valence electrons. The van der Waals surface area contributed by atoms with Gasteiger partial charge in [0.05, 0.1) is 6.54 Å². The van der Waals surface area contributed by atoms with Crippen molar-refractivity contribution in [1.29, 1.82) is 0 Å². The van der Waals surface area contributed by atoms with Crippen molar-refractivity contribution in [3.8, 4) is 11.4 Å². The van der Waals surface area contributed by atoms with Gasteiger partial charge in [0.2, 0.25) is 11.7 Å². The Kier molecular flexibility index (Phi) is 4.37. The zero-order valence-corrected chi connectivity index (χ0v) is 13.3. The number of hydrogen-bond donors (Lipinski definition) is 1. The molecule has 2 saturated heterocycles. The van der Waals surface area contributed by atoms with Crippen LogP contribution in [0.5, 0.6) is 0 Å². The second-order valence-corrected chi connectivity index (χ2v) is 6.34. The van der Waals surface area contributed by atoms with Crippen molar-refractivity contribution in [3.05, 3.63) is 36.2 Å². The van der Waals surface area contributed by atoms with Gasteiger partial charge in [0.25, 0.3) is 0 Å². The van der Waals surface area contributed by atoms with Crippen molar-refractivity contribution in [1.82, 2.24) is 25.3 Å². The number of piperazine rings is 1. The quantitative estimate of drug-likeness (QED) is 0.916. The van der Waals surface area contributed by atoms with Crippen molar-refractivity contribution in [2.45, 2.75) is 19.0 Å². The number of nitrogens with zero attached hydrogens (tertiary/aromatic N) is 4. The van der Waals surface area contributed by atoms with Crippen LogP contribution in [0.25, 0.3) is 11.4 Å². The van der Waals surface area contributed by atoms with Gasteiger partial charge in [-0.2, -0.15) is 4.98 Å². The molecule has 1 aromatic heterocycles. The third-order valence-electron chi connectivity index (χ3n) is 4.82. The van der Waals surface area contributed by atoms with Gasteiger partial charge in [0, 0.05) is 44.3 Å². The van der Waals surface area contributed by atoms with Crippen molar-refractivity contribution in [2.24, 2.45) is 0 Å².